The third-order valence-corrected chi connectivity index (χ3v) is 2.78. The zero-order valence-corrected chi connectivity index (χ0v) is 10.9. The van der Waals surface area contributed by atoms with Crippen LogP contribution in [0, 0.1) is 6.92 Å². The monoisotopic (exact) mass is 247 g/mol. The molecule has 96 valence electrons. The molecule has 0 radical (unpaired) electrons. The second-order valence-electron chi connectivity index (χ2n) is 4.12. The number of hydrogen-bond donors (Lipinski definition) is 0. The quantitative estimate of drug-likeness (QED) is 0.815. The highest BCUT2D eigenvalue weighted by Crippen LogP contribution is 2.28. The zero-order chi connectivity index (χ0) is 13.0. The minimum atomic E-state index is 0.747. The fraction of sp³-hybridized carbons (Fsp3) is 0.357. The number of nitrogens with zero attached hydrogens (tertiary/aromatic N) is 1. The summed E-state index contributed by atoms with van der Waals surface area (Å²) < 4.78 is 15.7. The van der Waals surface area contributed by atoms with Crippen molar-refractivity contribution < 1.29 is 14.0 Å². The van der Waals surface area contributed by atoms with Crippen molar-refractivity contribution in [2.45, 2.75) is 19.8 Å². The molecule has 0 unspecified atom stereocenters. The molecule has 0 atom stereocenters. The topological polar surface area (TPSA) is 44.5 Å². The molecule has 0 saturated carbocycles. The number of aromatic nitrogens is 1. The van der Waals surface area contributed by atoms with Crippen LogP contribution < -0.4 is 9.47 Å². The van der Waals surface area contributed by atoms with Crippen LogP contribution in [0.1, 0.15) is 17.0 Å². The Morgan fingerprint density at radius 1 is 1.06 bits per heavy atom. The van der Waals surface area contributed by atoms with Gasteiger partial charge in [0.15, 0.2) is 11.5 Å². The number of aryl methyl sites for hydroxylation is 3. The predicted octanol–water partition coefficient (Wildman–Crippen LogP) is 2.79. The van der Waals surface area contributed by atoms with Crippen LogP contribution in [0.2, 0.25) is 0 Å². The van der Waals surface area contributed by atoms with E-state index in [1.165, 1.54) is 5.56 Å². The first kappa shape index (κ1) is 12.5. The first-order valence-corrected chi connectivity index (χ1v) is 5.86. The molecule has 1 heterocycles. The molecular weight excluding hydrogens is 230 g/mol. The van der Waals surface area contributed by atoms with E-state index in [-0.39, 0.29) is 0 Å². The van der Waals surface area contributed by atoms with Gasteiger partial charge in [0, 0.05) is 12.5 Å². The van der Waals surface area contributed by atoms with E-state index in [0.29, 0.717) is 0 Å². The summed E-state index contributed by atoms with van der Waals surface area (Å²) in [5.74, 6) is 2.41. The van der Waals surface area contributed by atoms with Gasteiger partial charge in [0.05, 0.1) is 19.9 Å². The Morgan fingerprint density at radius 2 is 1.83 bits per heavy atom. The normalized spacial score (nSPS) is 10.4. The van der Waals surface area contributed by atoms with Crippen LogP contribution >= 0.6 is 0 Å². The van der Waals surface area contributed by atoms with Gasteiger partial charge in [-0.2, -0.15) is 0 Å². The van der Waals surface area contributed by atoms with Crippen molar-refractivity contribution in [3.05, 3.63) is 41.3 Å². The number of rotatable bonds is 5. The van der Waals surface area contributed by atoms with Crippen LogP contribution in [0.5, 0.6) is 11.5 Å². The molecule has 0 N–H and O–H groups in total. The molecule has 0 bridgehead atoms. The lowest BCUT2D eigenvalue weighted by Crippen LogP contribution is -1.94. The van der Waals surface area contributed by atoms with Gasteiger partial charge in [-0.25, -0.2) is 0 Å². The average molecular weight is 247 g/mol. The van der Waals surface area contributed by atoms with E-state index in [4.69, 9.17) is 14.0 Å². The highest BCUT2D eigenvalue weighted by Gasteiger charge is 2.06. The number of methoxy groups -OCH3 is 2. The van der Waals surface area contributed by atoms with Gasteiger partial charge in [-0.3, -0.25) is 0 Å². The average Bonchev–Trinajstić information content (AvgIpc) is 2.81. The van der Waals surface area contributed by atoms with E-state index in [2.05, 4.69) is 5.16 Å². The van der Waals surface area contributed by atoms with Crippen LogP contribution in [-0.4, -0.2) is 19.4 Å². The molecule has 0 fully saturated rings. The fourth-order valence-electron chi connectivity index (χ4n) is 1.84. The maximum absolute atomic E-state index is 5.27. The van der Waals surface area contributed by atoms with E-state index < -0.39 is 0 Å². The third-order valence-electron chi connectivity index (χ3n) is 2.78. The standard InChI is InChI=1S/C14H17NO3/c1-10-8-12(18-15-10)6-4-11-5-7-13(16-2)14(9-11)17-3/h5,7-9H,4,6H2,1-3H3. The minimum Gasteiger partial charge on any atom is -0.493 e. The van der Waals surface area contributed by atoms with Crippen molar-refractivity contribution in [2.75, 3.05) is 14.2 Å². The van der Waals surface area contributed by atoms with Gasteiger partial charge in [0.1, 0.15) is 5.76 Å². The molecule has 0 aliphatic heterocycles. The molecule has 0 aliphatic rings. The summed E-state index contributed by atoms with van der Waals surface area (Å²) in [6.07, 6.45) is 1.71. The smallest absolute Gasteiger partial charge is 0.160 e. The lowest BCUT2D eigenvalue weighted by Gasteiger charge is -2.08. The fourth-order valence-corrected chi connectivity index (χ4v) is 1.84. The number of benzene rings is 1. The van der Waals surface area contributed by atoms with E-state index in [1.807, 2.05) is 31.2 Å². The Morgan fingerprint density at radius 3 is 2.44 bits per heavy atom. The first-order chi connectivity index (χ1) is 8.72. The molecule has 2 aromatic rings. The number of ether oxygens (including phenoxy) is 2. The summed E-state index contributed by atoms with van der Waals surface area (Å²) in [5.41, 5.74) is 2.10. The van der Waals surface area contributed by atoms with Gasteiger partial charge < -0.3 is 14.0 Å². The Balaban J connectivity index is 2.05. The molecule has 1 aromatic heterocycles. The minimum absolute atomic E-state index is 0.747. The molecule has 4 nitrogen and oxygen atoms in total. The second-order valence-corrected chi connectivity index (χ2v) is 4.12. The Kier molecular flexibility index (Phi) is 3.87. The van der Waals surface area contributed by atoms with Crippen LogP contribution in [-0.2, 0) is 12.8 Å². The van der Waals surface area contributed by atoms with Crippen molar-refractivity contribution in [1.82, 2.24) is 5.16 Å². The highest BCUT2D eigenvalue weighted by molar-refractivity contribution is 5.43. The zero-order valence-electron chi connectivity index (χ0n) is 10.9. The summed E-state index contributed by atoms with van der Waals surface area (Å²) in [7, 11) is 3.27. The van der Waals surface area contributed by atoms with E-state index in [1.54, 1.807) is 14.2 Å². The predicted molar refractivity (Wildman–Crippen MR) is 68.2 cm³/mol. The van der Waals surface area contributed by atoms with Crippen LogP contribution in [0.25, 0.3) is 0 Å². The van der Waals surface area contributed by atoms with Gasteiger partial charge in [0.2, 0.25) is 0 Å². The van der Waals surface area contributed by atoms with Crippen molar-refractivity contribution in [2.24, 2.45) is 0 Å². The van der Waals surface area contributed by atoms with Crippen molar-refractivity contribution in [3.8, 4) is 11.5 Å². The Hall–Kier alpha value is -1.97. The lowest BCUT2D eigenvalue weighted by atomic mass is 10.1. The highest BCUT2D eigenvalue weighted by atomic mass is 16.5. The molecule has 2 rings (SSSR count). The van der Waals surface area contributed by atoms with E-state index in [9.17, 15) is 0 Å². The summed E-state index contributed by atoms with van der Waals surface area (Å²) >= 11 is 0. The summed E-state index contributed by atoms with van der Waals surface area (Å²) in [6.45, 7) is 1.92. The van der Waals surface area contributed by atoms with Crippen molar-refractivity contribution in [1.29, 1.82) is 0 Å². The van der Waals surface area contributed by atoms with Gasteiger partial charge in [-0.1, -0.05) is 11.2 Å². The molecule has 1 aromatic carbocycles. The van der Waals surface area contributed by atoms with Crippen LogP contribution in [0.3, 0.4) is 0 Å². The van der Waals surface area contributed by atoms with Crippen LogP contribution in [0.15, 0.2) is 28.8 Å². The SMILES string of the molecule is COc1ccc(CCc2cc(C)no2)cc1OC. The molecule has 0 aliphatic carbocycles. The molecular formula is C14H17NO3. The third kappa shape index (κ3) is 2.83. The Labute approximate surface area is 107 Å². The van der Waals surface area contributed by atoms with Gasteiger partial charge in [0.25, 0.3) is 0 Å². The van der Waals surface area contributed by atoms with E-state index in [0.717, 1.165) is 35.8 Å². The summed E-state index contributed by atoms with van der Waals surface area (Å²) in [5, 5.41) is 3.87. The van der Waals surface area contributed by atoms with Gasteiger partial charge in [-0.15, -0.1) is 0 Å². The lowest BCUT2D eigenvalue weighted by molar-refractivity contribution is 0.354. The van der Waals surface area contributed by atoms with Crippen LogP contribution in [0.4, 0.5) is 0 Å². The molecule has 0 saturated heterocycles. The van der Waals surface area contributed by atoms with Gasteiger partial charge in [-0.05, 0) is 31.0 Å². The first-order valence-electron chi connectivity index (χ1n) is 5.86. The number of hydrogen-bond acceptors (Lipinski definition) is 4. The molecule has 0 spiro atoms. The maximum Gasteiger partial charge on any atom is 0.160 e. The van der Waals surface area contributed by atoms with Gasteiger partial charge >= 0.3 is 0 Å². The summed E-state index contributed by atoms with van der Waals surface area (Å²) in [4.78, 5) is 0. The van der Waals surface area contributed by atoms with Crippen molar-refractivity contribution >= 4 is 0 Å². The molecule has 18 heavy (non-hydrogen) atoms. The largest absolute Gasteiger partial charge is 0.493 e. The Bertz CT molecular complexity index is 520. The maximum atomic E-state index is 5.27. The molecule has 4 heteroatoms. The van der Waals surface area contributed by atoms with E-state index >= 15 is 0 Å². The van der Waals surface area contributed by atoms with Crippen molar-refractivity contribution in [3.63, 3.8) is 0 Å². The summed E-state index contributed by atoms with van der Waals surface area (Å²) in [6, 6.07) is 7.90. The molecule has 0 amide bonds. The second kappa shape index (κ2) is 5.58.